The Balaban J connectivity index is 1.26. The average molecular weight is 537 g/mol. The highest BCUT2D eigenvalue weighted by atomic mass is 19.4. The Kier molecular flexibility index (Phi) is 5.93. The van der Waals surface area contributed by atoms with Crippen molar-refractivity contribution in [1.82, 2.24) is 34.9 Å². The number of pyridine rings is 1. The third-order valence-electron chi connectivity index (χ3n) is 6.54. The van der Waals surface area contributed by atoms with Gasteiger partial charge in [0.1, 0.15) is 24.2 Å². The number of carbonyl (C=O) groups is 1. The fourth-order valence-corrected chi connectivity index (χ4v) is 4.43. The number of aromatic amines is 1. The molecule has 0 spiro atoms. The van der Waals surface area contributed by atoms with Gasteiger partial charge in [0.05, 0.1) is 11.1 Å². The van der Waals surface area contributed by atoms with Crippen LogP contribution in [0.2, 0.25) is 0 Å². The zero-order valence-corrected chi connectivity index (χ0v) is 20.4. The topological polar surface area (TPSA) is 151 Å². The zero-order valence-electron chi connectivity index (χ0n) is 20.4. The maximum Gasteiger partial charge on any atom is 0.405 e. The molecule has 1 saturated carbocycles. The standard InChI is InChI=1S/C25H23F3N10O/c26-25(27,28)11-30-23(39)16-10-38-20(21(29)31-12-32-38)19(16)13-4-6-15(7-5-13)34-24-35-17-8-9-18(36-22(17)37-24)33-14-2-1-3-14/h4-10,12,14H,1-3,11H2,(H,30,39)(H2,29,31,32)(H3,33,34,35,36,37). The number of rotatable bonds is 7. The molecule has 1 fully saturated rings. The Morgan fingerprint density at radius 3 is 2.64 bits per heavy atom. The van der Waals surface area contributed by atoms with Crippen LogP contribution in [0.15, 0.2) is 48.9 Å². The number of H-pyrrole nitrogens is 1. The number of imidazole rings is 1. The molecule has 1 amide bonds. The summed E-state index contributed by atoms with van der Waals surface area (Å²) in [5.41, 5.74) is 9.24. The first kappa shape index (κ1) is 24.5. The van der Waals surface area contributed by atoms with Gasteiger partial charge in [-0.15, -0.1) is 0 Å². The Morgan fingerprint density at radius 1 is 1.13 bits per heavy atom. The van der Waals surface area contributed by atoms with Crippen LogP contribution in [0.25, 0.3) is 27.8 Å². The summed E-state index contributed by atoms with van der Waals surface area (Å²) in [5.74, 6) is 0.450. The van der Waals surface area contributed by atoms with Crippen molar-refractivity contribution < 1.29 is 18.0 Å². The molecule has 0 bridgehead atoms. The van der Waals surface area contributed by atoms with Gasteiger partial charge < -0.3 is 26.7 Å². The van der Waals surface area contributed by atoms with E-state index in [0.717, 1.165) is 24.2 Å². The van der Waals surface area contributed by atoms with E-state index >= 15 is 0 Å². The molecule has 200 valence electrons. The van der Waals surface area contributed by atoms with Gasteiger partial charge in [0.15, 0.2) is 11.5 Å². The number of aromatic nitrogens is 6. The van der Waals surface area contributed by atoms with E-state index in [9.17, 15) is 18.0 Å². The second-order valence-corrected chi connectivity index (χ2v) is 9.28. The Morgan fingerprint density at radius 2 is 1.92 bits per heavy atom. The molecule has 6 rings (SSSR count). The lowest BCUT2D eigenvalue weighted by Crippen LogP contribution is -2.33. The smallest absolute Gasteiger partial charge is 0.382 e. The van der Waals surface area contributed by atoms with Gasteiger partial charge >= 0.3 is 6.18 Å². The number of nitrogens with zero attached hydrogens (tertiary/aromatic N) is 5. The van der Waals surface area contributed by atoms with Gasteiger partial charge in [0.25, 0.3) is 5.91 Å². The van der Waals surface area contributed by atoms with Crippen molar-refractivity contribution in [2.24, 2.45) is 0 Å². The van der Waals surface area contributed by atoms with Crippen LogP contribution in [0, 0.1) is 0 Å². The highest BCUT2D eigenvalue weighted by Crippen LogP contribution is 2.33. The summed E-state index contributed by atoms with van der Waals surface area (Å²) in [6, 6.07) is 11.2. The molecule has 0 radical (unpaired) electrons. The second-order valence-electron chi connectivity index (χ2n) is 9.28. The van der Waals surface area contributed by atoms with Crippen LogP contribution < -0.4 is 21.7 Å². The van der Waals surface area contributed by atoms with E-state index in [4.69, 9.17) is 5.73 Å². The van der Waals surface area contributed by atoms with E-state index in [0.29, 0.717) is 40.0 Å². The van der Waals surface area contributed by atoms with Crippen molar-refractivity contribution >= 4 is 45.9 Å². The molecule has 0 unspecified atom stereocenters. The molecular formula is C25H23F3N10O. The number of anilines is 4. The number of nitrogens with two attached hydrogens (primary N) is 1. The number of nitrogens with one attached hydrogen (secondary N) is 4. The number of fused-ring (bicyclic) bond motifs is 2. The molecule has 1 aromatic carbocycles. The van der Waals surface area contributed by atoms with Crippen LogP contribution in [0.3, 0.4) is 0 Å². The largest absolute Gasteiger partial charge is 0.405 e. The summed E-state index contributed by atoms with van der Waals surface area (Å²) in [5, 5.41) is 12.5. The van der Waals surface area contributed by atoms with E-state index in [1.807, 2.05) is 17.4 Å². The van der Waals surface area contributed by atoms with Gasteiger partial charge in [0.2, 0.25) is 5.95 Å². The SMILES string of the molecule is Nc1ncnn2cc(C(=O)NCC(F)(F)F)c(-c3ccc(Nc4nc5nc(NC6CCC6)ccc5[nH]4)cc3)c12. The van der Waals surface area contributed by atoms with E-state index in [1.165, 1.54) is 23.5 Å². The van der Waals surface area contributed by atoms with Crippen LogP contribution in [0.4, 0.5) is 36.4 Å². The Bertz CT molecular complexity index is 1670. The van der Waals surface area contributed by atoms with Crippen LogP contribution >= 0.6 is 0 Å². The van der Waals surface area contributed by atoms with Gasteiger partial charge in [-0.1, -0.05) is 12.1 Å². The van der Waals surface area contributed by atoms with Gasteiger partial charge in [-0.05, 0) is 49.1 Å². The number of alkyl halides is 3. The summed E-state index contributed by atoms with van der Waals surface area (Å²) < 4.78 is 39.5. The molecule has 4 aromatic heterocycles. The predicted molar refractivity (Wildman–Crippen MR) is 140 cm³/mol. The molecule has 5 aromatic rings. The lowest BCUT2D eigenvalue weighted by atomic mass is 9.93. The molecule has 1 aliphatic rings. The van der Waals surface area contributed by atoms with E-state index in [-0.39, 0.29) is 11.4 Å². The molecule has 14 heteroatoms. The van der Waals surface area contributed by atoms with E-state index in [1.54, 1.807) is 24.3 Å². The molecule has 11 nitrogen and oxygen atoms in total. The maximum atomic E-state index is 12.7. The van der Waals surface area contributed by atoms with Crippen molar-refractivity contribution in [2.45, 2.75) is 31.5 Å². The minimum Gasteiger partial charge on any atom is -0.382 e. The van der Waals surface area contributed by atoms with Gasteiger partial charge in [-0.2, -0.15) is 23.3 Å². The number of hydrogen-bond acceptors (Lipinski definition) is 8. The third-order valence-corrected chi connectivity index (χ3v) is 6.54. The number of amides is 1. The first-order chi connectivity index (χ1) is 18.7. The zero-order chi connectivity index (χ0) is 27.1. The molecular weight excluding hydrogens is 513 g/mol. The Labute approximate surface area is 219 Å². The summed E-state index contributed by atoms with van der Waals surface area (Å²) in [7, 11) is 0. The molecule has 0 atom stereocenters. The predicted octanol–water partition coefficient (Wildman–Crippen LogP) is 4.25. The molecule has 6 N–H and O–H groups in total. The lowest BCUT2D eigenvalue weighted by Gasteiger charge is -2.26. The number of nitrogen functional groups attached to an aromatic ring is 1. The highest BCUT2D eigenvalue weighted by molar-refractivity contribution is 6.07. The van der Waals surface area contributed by atoms with Gasteiger partial charge in [-0.3, -0.25) is 4.79 Å². The average Bonchev–Trinajstić information content (AvgIpc) is 3.46. The maximum absolute atomic E-state index is 12.7. The molecule has 4 heterocycles. The van der Waals surface area contributed by atoms with Crippen molar-refractivity contribution in [2.75, 3.05) is 22.9 Å². The summed E-state index contributed by atoms with van der Waals surface area (Å²) in [6.07, 6.45) is 1.48. The second kappa shape index (κ2) is 9.45. The van der Waals surface area contributed by atoms with Crippen LogP contribution in [0.5, 0.6) is 0 Å². The number of benzene rings is 1. The molecule has 0 saturated heterocycles. The minimum absolute atomic E-state index is 0.0122. The minimum atomic E-state index is -4.55. The van der Waals surface area contributed by atoms with Crippen LogP contribution in [0.1, 0.15) is 29.6 Å². The summed E-state index contributed by atoms with van der Waals surface area (Å²) >= 11 is 0. The summed E-state index contributed by atoms with van der Waals surface area (Å²) in [6.45, 7) is -1.47. The normalized spacial score (nSPS) is 13.9. The lowest BCUT2D eigenvalue weighted by molar-refractivity contribution is -0.123. The Hall–Kier alpha value is -4.88. The van der Waals surface area contributed by atoms with Crippen molar-refractivity contribution in [3.8, 4) is 11.1 Å². The number of halogens is 3. The number of carbonyl (C=O) groups excluding carboxylic acids is 1. The van der Waals surface area contributed by atoms with Crippen molar-refractivity contribution in [3.05, 3.63) is 54.5 Å². The molecule has 0 aliphatic heterocycles. The first-order valence-corrected chi connectivity index (χ1v) is 12.2. The fourth-order valence-electron chi connectivity index (χ4n) is 4.43. The van der Waals surface area contributed by atoms with Crippen LogP contribution in [-0.4, -0.2) is 54.2 Å². The van der Waals surface area contributed by atoms with Crippen LogP contribution in [-0.2, 0) is 0 Å². The highest BCUT2D eigenvalue weighted by Gasteiger charge is 2.29. The van der Waals surface area contributed by atoms with Gasteiger partial charge in [-0.25, -0.2) is 14.5 Å². The quantitative estimate of drug-likeness (QED) is 0.207. The fraction of sp³-hybridized carbons (Fsp3) is 0.240. The number of hydrogen-bond donors (Lipinski definition) is 5. The van der Waals surface area contributed by atoms with E-state index < -0.39 is 18.6 Å². The van der Waals surface area contributed by atoms with Gasteiger partial charge in [0, 0.05) is 23.5 Å². The first-order valence-electron chi connectivity index (χ1n) is 12.2. The third kappa shape index (κ3) is 5.00. The van der Waals surface area contributed by atoms with Crippen molar-refractivity contribution in [3.63, 3.8) is 0 Å². The summed E-state index contributed by atoms with van der Waals surface area (Å²) in [4.78, 5) is 29.0. The van der Waals surface area contributed by atoms with Crippen molar-refractivity contribution in [1.29, 1.82) is 0 Å². The van der Waals surface area contributed by atoms with E-state index in [2.05, 4.69) is 35.7 Å². The molecule has 1 aliphatic carbocycles. The molecule has 39 heavy (non-hydrogen) atoms. The monoisotopic (exact) mass is 536 g/mol.